The molecule has 0 aliphatic rings. The van der Waals surface area contributed by atoms with Gasteiger partial charge in [-0.15, -0.1) is 0 Å². The second-order valence-corrected chi connectivity index (χ2v) is 18.4. The van der Waals surface area contributed by atoms with Gasteiger partial charge in [-0.05, 0) is 90.7 Å². The number of hydrogen-bond donors (Lipinski definition) is 0. The van der Waals surface area contributed by atoms with Gasteiger partial charge in [-0.2, -0.15) is 0 Å². The smallest absolute Gasteiger partial charge is 0.275 e. The standard InChI is InChI=1S/C43H54O4P2/c1-40(2,3)32-19-17-28-25-38(34(42(7,8)9)23-30(28)21-32)44-27-48-45-36-15-13-14-16-37(36)46-49-47-39-26-29-18-20-33(41(4,5)6)22-31(29)24-35(39)43(10,11)12/h13-26,48-49H,27H2,1-12H3. The third-order valence-electron chi connectivity index (χ3n) is 8.85. The lowest BCUT2D eigenvalue weighted by Crippen LogP contribution is -2.14. The van der Waals surface area contributed by atoms with Crippen LogP contribution in [0.5, 0.6) is 23.0 Å². The van der Waals surface area contributed by atoms with Crippen LogP contribution in [0.2, 0.25) is 0 Å². The van der Waals surface area contributed by atoms with Crippen molar-refractivity contribution in [1.29, 1.82) is 0 Å². The number of hydrogen-bond acceptors (Lipinski definition) is 4. The van der Waals surface area contributed by atoms with Crippen molar-refractivity contribution in [3.05, 3.63) is 107 Å². The van der Waals surface area contributed by atoms with E-state index in [2.05, 4.69) is 144 Å². The molecule has 0 radical (unpaired) electrons. The predicted octanol–water partition coefficient (Wildman–Crippen LogP) is 13.2. The summed E-state index contributed by atoms with van der Waals surface area (Å²) in [4.78, 5) is 0. The lowest BCUT2D eigenvalue weighted by Gasteiger charge is -2.25. The van der Waals surface area contributed by atoms with E-state index in [1.807, 2.05) is 24.3 Å². The van der Waals surface area contributed by atoms with E-state index in [1.54, 1.807) is 0 Å². The second kappa shape index (κ2) is 14.1. The fourth-order valence-electron chi connectivity index (χ4n) is 5.81. The van der Waals surface area contributed by atoms with E-state index in [-0.39, 0.29) is 39.5 Å². The van der Waals surface area contributed by atoms with Crippen molar-refractivity contribution >= 4 is 39.4 Å². The van der Waals surface area contributed by atoms with E-state index < -0.39 is 0 Å². The van der Waals surface area contributed by atoms with E-state index in [4.69, 9.17) is 18.3 Å². The number of ether oxygens (including phenoxy) is 1. The maximum absolute atomic E-state index is 6.40. The van der Waals surface area contributed by atoms with Crippen molar-refractivity contribution in [3.63, 3.8) is 0 Å². The Kier molecular flexibility index (Phi) is 10.7. The minimum Gasteiger partial charge on any atom is -0.486 e. The highest BCUT2D eigenvalue weighted by Crippen LogP contribution is 2.42. The summed E-state index contributed by atoms with van der Waals surface area (Å²) < 4.78 is 25.2. The van der Waals surface area contributed by atoms with Crippen LogP contribution in [-0.4, -0.2) is 6.35 Å². The molecule has 0 saturated carbocycles. The predicted molar refractivity (Wildman–Crippen MR) is 213 cm³/mol. The first-order valence-corrected chi connectivity index (χ1v) is 19.1. The first kappa shape index (κ1) is 36.9. The summed E-state index contributed by atoms with van der Waals surface area (Å²) >= 11 is 0. The van der Waals surface area contributed by atoms with Gasteiger partial charge < -0.3 is 18.3 Å². The lowest BCUT2D eigenvalue weighted by atomic mass is 9.82. The molecule has 0 spiro atoms. The van der Waals surface area contributed by atoms with Crippen LogP contribution >= 0.6 is 17.8 Å². The molecule has 0 bridgehead atoms. The van der Waals surface area contributed by atoms with Crippen LogP contribution in [0.4, 0.5) is 0 Å². The SMILES string of the molecule is CC(C)(C)c1ccc2cc(OCPOc3ccccc3OPOc3cc4ccc(C(C)(C)C)cc4cc3C(C)(C)C)c(C(C)(C)C)cc2c1. The summed E-state index contributed by atoms with van der Waals surface area (Å²) in [6, 6.07) is 30.1. The van der Waals surface area contributed by atoms with Gasteiger partial charge in [0.05, 0.1) is 0 Å². The summed E-state index contributed by atoms with van der Waals surface area (Å²) in [5.41, 5.74) is 5.02. The molecule has 2 unspecified atom stereocenters. The maximum atomic E-state index is 6.40. The molecule has 2 atom stereocenters. The summed E-state index contributed by atoms with van der Waals surface area (Å²) in [7, 11) is -0.139. The van der Waals surface area contributed by atoms with Crippen LogP contribution in [0.3, 0.4) is 0 Å². The molecular weight excluding hydrogens is 642 g/mol. The van der Waals surface area contributed by atoms with E-state index >= 15 is 0 Å². The number of benzene rings is 5. The van der Waals surface area contributed by atoms with Crippen LogP contribution < -0.4 is 18.3 Å². The van der Waals surface area contributed by atoms with Gasteiger partial charge in [-0.3, -0.25) is 0 Å². The van der Waals surface area contributed by atoms with Crippen molar-refractivity contribution in [3.8, 4) is 23.0 Å². The number of fused-ring (bicyclic) bond motifs is 2. The first-order valence-electron chi connectivity index (χ1n) is 17.2. The molecule has 5 rings (SSSR count). The third-order valence-corrected chi connectivity index (χ3v) is 10.1. The molecule has 0 aliphatic carbocycles. The Hall–Kier alpha value is -3.32. The quantitative estimate of drug-likeness (QED) is 0.114. The summed E-state index contributed by atoms with van der Waals surface area (Å²) in [5, 5.41) is 4.80. The molecule has 0 fully saturated rings. The number of rotatable bonds is 9. The minimum absolute atomic E-state index is 0.0696. The molecule has 4 nitrogen and oxygen atoms in total. The summed E-state index contributed by atoms with van der Waals surface area (Å²) in [6.45, 7) is 26.9. The fourth-order valence-corrected chi connectivity index (χ4v) is 6.96. The number of para-hydroxylation sites is 2. The molecule has 0 N–H and O–H groups in total. The highest BCUT2D eigenvalue weighted by atomic mass is 31.1. The van der Waals surface area contributed by atoms with E-state index in [0.29, 0.717) is 17.8 Å². The molecule has 6 heteroatoms. The molecule has 0 aliphatic heterocycles. The zero-order valence-corrected chi connectivity index (χ0v) is 33.4. The average Bonchev–Trinajstić information content (AvgIpc) is 3.00. The maximum Gasteiger partial charge on any atom is 0.275 e. The van der Waals surface area contributed by atoms with Crippen LogP contribution in [-0.2, 0) is 21.7 Å². The Morgan fingerprint density at radius 3 is 1.37 bits per heavy atom. The van der Waals surface area contributed by atoms with Gasteiger partial charge in [0, 0.05) is 11.1 Å². The Labute approximate surface area is 298 Å². The van der Waals surface area contributed by atoms with Crippen molar-refractivity contribution in [2.45, 2.75) is 105 Å². The van der Waals surface area contributed by atoms with E-state index in [9.17, 15) is 0 Å². The second-order valence-electron chi connectivity index (χ2n) is 17.1. The van der Waals surface area contributed by atoms with Crippen molar-refractivity contribution < 1.29 is 18.3 Å². The highest BCUT2D eigenvalue weighted by molar-refractivity contribution is 7.32. The Morgan fingerprint density at radius 2 is 0.878 bits per heavy atom. The zero-order chi connectivity index (χ0) is 35.8. The topological polar surface area (TPSA) is 36.9 Å². The summed E-state index contributed by atoms with van der Waals surface area (Å²) in [5.74, 6) is 3.07. The molecule has 0 aromatic heterocycles. The van der Waals surface area contributed by atoms with Gasteiger partial charge in [0.1, 0.15) is 26.7 Å². The third kappa shape index (κ3) is 9.08. The normalized spacial score (nSPS) is 13.2. The van der Waals surface area contributed by atoms with Gasteiger partial charge in [-0.1, -0.05) is 132 Å². The van der Waals surface area contributed by atoms with Crippen molar-refractivity contribution in [1.82, 2.24) is 0 Å². The Morgan fingerprint density at radius 1 is 0.429 bits per heavy atom. The van der Waals surface area contributed by atoms with Crippen LogP contribution in [0.1, 0.15) is 105 Å². The van der Waals surface area contributed by atoms with Gasteiger partial charge in [0.2, 0.25) is 0 Å². The zero-order valence-electron chi connectivity index (χ0n) is 31.4. The van der Waals surface area contributed by atoms with E-state index in [1.165, 1.54) is 32.8 Å². The summed E-state index contributed by atoms with van der Waals surface area (Å²) in [6.07, 6.45) is 0.435. The van der Waals surface area contributed by atoms with Crippen molar-refractivity contribution in [2.75, 3.05) is 6.35 Å². The fraction of sp³-hybridized carbons (Fsp3) is 0.395. The molecule has 0 saturated heterocycles. The van der Waals surface area contributed by atoms with Gasteiger partial charge in [0.15, 0.2) is 11.5 Å². The molecule has 5 aromatic carbocycles. The Bertz CT molecular complexity index is 1940. The molecule has 0 heterocycles. The first-order chi connectivity index (χ1) is 22.8. The molecule has 5 aromatic rings. The van der Waals surface area contributed by atoms with Crippen molar-refractivity contribution in [2.24, 2.45) is 0 Å². The van der Waals surface area contributed by atoms with Gasteiger partial charge in [0.25, 0.3) is 9.03 Å². The van der Waals surface area contributed by atoms with Gasteiger partial charge >= 0.3 is 0 Å². The largest absolute Gasteiger partial charge is 0.486 e. The molecule has 0 amide bonds. The molecule has 260 valence electrons. The van der Waals surface area contributed by atoms with Gasteiger partial charge in [-0.25, -0.2) is 0 Å². The highest BCUT2D eigenvalue weighted by Gasteiger charge is 2.23. The van der Waals surface area contributed by atoms with Crippen LogP contribution in [0, 0.1) is 0 Å². The van der Waals surface area contributed by atoms with Crippen LogP contribution in [0.15, 0.2) is 84.9 Å². The van der Waals surface area contributed by atoms with E-state index in [0.717, 1.165) is 22.4 Å². The lowest BCUT2D eigenvalue weighted by molar-refractivity contribution is 0.367. The Balaban J connectivity index is 1.26. The average molecular weight is 697 g/mol. The minimum atomic E-state index is -0.229. The molecular formula is C43H54O4P2. The van der Waals surface area contributed by atoms with Crippen LogP contribution in [0.25, 0.3) is 21.5 Å². The monoisotopic (exact) mass is 696 g/mol. The molecule has 49 heavy (non-hydrogen) atoms.